The predicted molar refractivity (Wildman–Crippen MR) is 55.2 cm³/mol. The molecule has 1 atom stereocenters. The van der Waals surface area contributed by atoms with Gasteiger partial charge in [0.05, 0.1) is 0 Å². The van der Waals surface area contributed by atoms with E-state index in [0.29, 0.717) is 6.04 Å². The molecule has 74 valence electrons. The lowest BCUT2D eigenvalue weighted by Gasteiger charge is -2.16. The summed E-state index contributed by atoms with van der Waals surface area (Å²) in [5.41, 5.74) is 1.12. The zero-order chi connectivity index (χ0) is 9.84. The molecule has 0 spiro atoms. The molecule has 0 heterocycles. The standard InChI is InChI=1S/C11H16FN.H2/c1-8(2)13-9(3)10-4-6-11(12)7-5-10;/h4-9,13H,1-3H3;1H. The van der Waals surface area contributed by atoms with Crippen LogP contribution < -0.4 is 5.32 Å². The molecular formula is C11H18FN. The predicted octanol–water partition coefficient (Wildman–Crippen LogP) is 3.13. The molecule has 1 N–H and O–H groups in total. The van der Waals surface area contributed by atoms with Crippen molar-refractivity contribution in [2.24, 2.45) is 0 Å². The third-order valence-corrected chi connectivity index (χ3v) is 1.95. The molecule has 0 amide bonds. The van der Waals surface area contributed by atoms with Gasteiger partial charge < -0.3 is 5.32 Å². The highest BCUT2D eigenvalue weighted by molar-refractivity contribution is 5.19. The lowest BCUT2D eigenvalue weighted by molar-refractivity contribution is 0.505. The Balaban J connectivity index is 0.00000169. The van der Waals surface area contributed by atoms with Crippen molar-refractivity contribution in [1.29, 1.82) is 0 Å². The second-order valence-electron chi connectivity index (χ2n) is 3.59. The van der Waals surface area contributed by atoms with E-state index in [0.717, 1.165) is 5.56 Å². The van der Waals surface area contributed by atoms with Crippen LogP contribution in [0.3, 0.4) is 0 Å². The molecule has 0 aliphatic carbocycles. The number of nitrogens with one attached hydrogen (secondary N) is 1. The van der Waals surface area contributed by atoms with Crippen molar-refractivity contribution in [2.45, 2.75) is 32.9 Å². The minimum Gasteiger partial charge on any atom is -0.308 e. The van der Waals surface area contributed by atoms with Gasteiger partial charge in [-0.3, -0.25) is 0 Å². The molecule has 1 rings (SSSR count). The molecule has 2 heteroatoms. The number of halogens is 1. The maximum atomic E-state index is 12.6. The van der Waals surface area contributed by atoms with E-state index < -0.39 is 0 Å². The quantitative estimate of drug-likeness (QED) is 0.759. The average molecular weight is 183 g/mol. The van der Waals surface area contributed by atoms with Crippen LogP contribution in [0.2, 0.25) is 0 Å². The maximum Gasteiger partial charge on any atom is 0.123 e. The highest BCUT2D eigenvalue weighted by Crippen LogP contribution is 2.13. The third kappa shape index (κ3) is 3.15. The van der Waals surface area contributed by atoms with E-state index in [1.165, 1.54) is 12.1 Å². The Labute approximate surface area is 80.5 Å². The van der Waals surface area contributed by atoms with Crippen molar-refractivity contribution in [3.8, 4) is 0 Å². The zero-order valence-electron chi connectivity index (χ0n) is 8.34. The van der Waals surface area contributed by atoms with Gasteiger partial charge in [-0.2, -0.15) is 0 Å². The van der Waals surface area contributed by atoms with Gasteiger partial charge >= 0.3 is 0 Å². The Morgan fingerprint density at radius 2 is 1.69 bits per heavy atom. The van der Waals surface area contributed by atoms with Crippen LogP contribution in [0.25, 0.3) is 0 Å². The van der Waals surface area contributed by atoms with Gasteiger partial charge in [0.1, 0.15) is 5.82 Å². The van der Waals surface area contributed by atoms with E-state index in [1.807, 2.05) is 12.1 Å². The van der Waals surface area contributed by atoms with E-state index >= 15 is 0 Å². The fraction of sp³-hybridized carbons (Fsp3) is 0.455. The van der Waals surface area contributed by atoms with Crippen LogP contribution in [-0.2, 0) is 0 Å². The summed E-state index contributed by atoms with van der Waals surface area (Å²) in [6.45, 7) is 6.27. The van der Waals surface area contributed by atoms with E-state index in [2.05, 4.69) is 26.1 Å². The molecule has 1 unspecified atom stereocenters. The lowest BCUT2D eigenvalue weighted by atomic mass is 10.1. The van der Waals surface area contributed by atoms with Gasteiger partial charge in [0, 0.05) is 13.5 Å². The first-order chi connectivity index (χ1) is 6.09. The summed E-state index contributed by atoms with van der Waals surface area (Å²) in [4.78, 5) is 0. The smallest absolute Gasteiger partial charge is 0.123 e. The molecule has 0 aliphatic rings. The number of benzene rings is 1. The molecule has 0 aromatic heterocycles. The molecule has 0 fully saturated rings. The summed E-state index contributed by atoms with van der Waals surface area (Å²) in [5.74, 6) is -0.180. The van der Waals surface area contributed by atoms with Crippen molar-refractivity contribution in [3.05, 3.63) is 35.6 Å². The summed E-state index contributed by atoms with van der Waals surface area (Å²) in [5, 5.41) is 3.36. The largest absolute Gasteiger partial charge is 0.308 e. The molecule has 1 aromatic carbocycles. The second kappa shape index (κ2) is 4.38. The number of hydrogen-bond donors (Lipinski definition) is 1. The minimum atomic E-state index is -0.180. The summed E-state index contributed by atoms with van der Waals surface area (Å²) in [6, 6.07) is 7.34. The van der Waals surface area contributed by atoms with Gasteiger partial charge in [-0.05, 0) is 24.6 Å². The van der Waals surface area contributed by atoms with Gasteiger partial charge in [0.15, 0.2) is 0 Å². The Hall–Kier alpha value is -0.890. The first-order valence-electron chi connectivity index (χ1n) is 4.61. The Kier molecular flexibility index (Phi) is 3.43. The maximum absolute atomic E-state index is 12.6. The normalized spacial score (nSPS) is 13.3. The molecule has 0 saturated heterocycles. The van der Waals surface area contributed by atoms with Gasteiger partial charge in [-0.25, -0.2) is 4.39 Å². The topological polar surface area (TPSA) is 12.0 Å². The molecule has 0 radical (unpaired) electrons. The van der Waals surface area contributed by atoms with Crippen molar-refractivity contribution in [1.82, 2.24) is 5.32 Å². The molecule has 1 nitrogen and oxygen atoms in total. The van der Waals surface area contributed by atoms with Crippen LogP contribution in [0, 0.1) is 5.82 Å². The second-order valence-corrected chi connectivity index (χ2v) is 3.59. The fourth-order valence-corrected chi connectivity index (χ4v) is 1.35. The monoisotopic (exact) mass is 183 g/mol. The summed E-state index contributed by atoms with van der Waals surface area (Å²) < 4.78 is 12.6. The van der Waals surface area contributed by atoms with Crippen LogP contribution in [0.1, 0.15) is 33.8 Å². The first kappa shape index (κ1) is 10.2. The Morgan fingerprint density at radius 3 is 2.15 bits per heavy atom. The van der Waals surface area contributed by atoms with Gasteiger partial charge in [0.25, 0.3) is 0 Å². The third-order valence-electron chi connectivity index (χ3n) is 1.95. The summed E-state index contributed by atoms with van der Waals surface area (Å²) in [7, 11) is 0. The first-order valence-corrected chi connectivity index (χ1v) is 4.61. The molecule has 0 saturated carbocycles. The van der Waals surface area contributed by atoms with Crippen LogP contribution >= 0.6 is 0 Å². The highest BCUT2D eigenvalue weighted by Gasteiger charge is 2.05. The van der Waals surface area contributed by atoms with E-state index in [9.17, 15) is 4.39 Å². The van der Waals surface area contributed by atoms with Crippen molar-refractivity contribution in [3.63, 3.8) is 0 Å². The van der Waals surface area contributed by atoms with Crippen molar-refractivity contribution >= 4 is 0 Å². The Bertz CT molecular complexity index is 258. The average Bonchev–Trinajstić information content (AvgIpc) is 2.04. The summed E-state index contributed by atoms with van der Waals surface area (Å²) >= 11 is 0. The molecule has 0 aliphatic heterocycles. The van der Waals surface area contributed by atoms with E-state index in [-0.39, 0.29) is 13.3 Å². The fourth-order valence-electron chi connectivity index (χ4n) is 1.35. The van der Waals surface area contributed by atoms with Crippen LogP contribution in [0.4, 0.5) is 4.39 Å². The number of hydrogen-bond acceptors (Lipinski definition) is 1. The van der Waals surface area contributed by atoms with Gasteiger partial charge in [-0.15, -0.1) is 0 Å². The van der Waals surface area contributed by atoms with Crippen LogP contribution in [0.15, 0.2) is 24.3 Å². The van der Waals surface area contributed by atoms with Gasteiger partial charge in [-0.1, -0.05) is 26.0 Å². The highest BCUT2D eigenvalue weighted by atomic mass is 19.1. The van der Waals surface area contributed by atoms with E-state index in [1.54, 1.807) is 0 Å². The lowest BCUT2D eigenvalue weighted by Crippen LogP contribution is -2.25. The van der Waals surface area contributed by atoms with Crippen molar-refractivity contribution < 1.29 is 5.82 Å². The SMILES string of the molecule is CC(C)NC(C)c1ccc(F)cc1.[HH]. The molecule has 1 aromatic rings. The minimum absolute atomic E-state index is 0. The molecule has 13 heavy (non-hydrogen) atoms. The number of rotatable bonds is 3. The van der Waals surface area contributed by atoms with Crippen LogP contribution in [-0.4, -0.2) is 6.04 Å². The summed E-state index contributed by atoms with van der Waals surface area (Å²) in [6.07, 6.45) is 0. The zero-order valence-corrected chi connectivity index (χ0v) is 8.34. The van der Waals surface area contributed by atoms with Gasteiger partial charge in [0.2, 0.25) is 0 Å². The Morgan fingerprint density at radius 1 is 1.15 bits per heavy atom. The molecular weight excluding hydrogens is 165 g/mol. The molecule has 0 bridgehead atoms. The van der Waals surface area contributed by atoms with Crippen LogP contribution in [0.5, 0.6) is 0 Å². The van der Waals surface area contributed by atoms with Crippen molar-refractivity contribution in [2.75, 3.05) is 0 Å². The van der Waals surface area contributed by atoms with E-state index in [4.69, 9.17) is 0 Å².